The van der Waals surface area contributed by atoms with Crippen LogP contribution in [0.25, 0.3) is 0 Å². The Bertz CT molecular complexity index is 458. The second kappa shape index (κ2) is 6.37. The Morgan fingerprint density at radius 1 is 1.42 bits per heavy atom. The zero-order chi connectivity index (χ0) is 13.8. The highest BCUT2D eigenvalue weighted by molar-refractivity contribution is 6.31. The van der Waals surface area contributed by atoms with E-state index >= 15 is 0 Å². The Kier molecular flexibility index (Phi) is 4.80. The van der Waals surface area contributed by atoms with Crippen molar-refractivity contribution < 1.29 is 4.74 Å². The van der Waals surface area contributed by atoms with Gasteiger partial charge in [0.15, 0.2) is 0 Å². The summed E-state index contributed by atoms with van der Waals surface area (Å²) in [7, 11) is 0. The van der Waals surface area contributed by atoms with Crippen molar-refractivity contribution in [3.05, 3.63) is 28.3 Å². The number of nitrogens with two attached hydrogens (primary N) is 2. The smallest absolute Gasteiger partial charge is 0.0468 e. The summed E-state index contributed by atoms with van der Waals surface area (Å²) >= 11 is 6.04. The number of nitrogens with one attached hydrogen (secondary N) is 1. The van der Waals surface area contributed by atoms with Crippen molar-refractivity contribution in [1.82, 2.24) is 0 Å². The van der Waals surface area contributed by atoms with E-state index in [1.165, 1.54) is 6.21 Å². The van der Waals surface area contributed by atoms with Gasteiger partial charge in [-0.15, -0.1) is 0 Å². The summed E-state index contributed by atoms with van der Waals surface area (Å²) in [6, 6.07) is 3.34. The van der Waals surface area contributed by atoms with Gasteiger partial charge in [0.2, 0.25) is 0 Å². The third-order valence-electron chi connectivity index (χ3n) is 3.68. The van der Waals surface area contributed by atoms with Crippen LogP contribution in [0.15, 0.2) is 12.1 Å². The first-order valence-electron chi connectivity index (χ1n) is 6.54. The Labute approximate surface area is 118 Å². The predicted molar refractivity (Wildman–Crippen MR) is 78.8 cm³/mol. The zero-order valence-corrected chi connectivity index (χ0v) is 11.6. The number of hydrogen-bond acceptors (Lipinski definition) is 4. The summed E-state index contributed by atoms with van der Waals surface area (Å²) in [6.07, 6.45) is 4.22. The first-order valence-corrected chi connectivity index (χ1v) is 6.92. The molecule has 1 aromatic carbocycles. The number of ether oxygens (including phenoxy) is 1. The molecule has 19 heavy (non-hydrogen) atoms. The summed E-state index contributed by atoms with van der Waals surface area (Å²) in [5.74, 6) is 0.572. The Hall–Kier alpha value is -1.10. The molecule has 0 radical (unpaired) electrons. The summed E-state index contributed by atoms with van der Waals surface area (Å²) in [5, 5.41) is 8.05. The molecule has 1 aliphatic rings. The van der Waals surface area contributed by atoms with E-state index in [-0.39, 0.29) is 6.04 Å². The van der Waals surface area contributed by atoms with Crippen LogP contribution in [0, 0.1) is 11.3 Å². The lowest BCUT2D eigenvalue weighted by Gasteiger charge is -2.26. The van der Waals surface area contributed by atoms with E-state index in [2.05, 4.69) is 0 Å². The van der Waals surface area contributed by atoms with Crippen LogP contribution in [-0.2, 0) is 4.74 Å². The van der Waals surface area contributed by atoms with Crippen LogP contribution >= 0.6 is 11.6 Å². The van der Waals surface area contributed by atoms with E-state index < -0.39 is 0 Å². The quantitative estimate of drug-likeness (QED) is 0.586. The average molecular weight is 282 g/mol. The normalized spacial score (nSPS) is 18.2. The molecule has 0 spiro atoms. The van der Waals surface area contributed by atoms with Crippen molar-refractivity contribution in [2.45, 2.75) is 25.3 Å². The minimum Gasteiger partial charge on any atom is -0.398 e. The highest BCUT2D eigenvalue weighted by Gasteiger charge is 2.20. The second-order valence-electron chi connectivity index (χ2n) is 5.04. The van der Waals surface area contributed by atoms with E-state index in [0.717, 1.165) is 38.0 Å². The van der Waals surface area contributed by atoms with Crippen molar-refractivity contribution in [1.29, 1.82) is 5.41 Å². The SMILES string of the molecule is N=Cc1c(N)cc(Cl)cc1C(N)CC1CCOCC1. The third-order valence-corrected chi connectivity index (χ3v) is 3.90. The molecule has 0 aromatic heterocycles. The van der Waals surface area contributed by atoms with Crippen molar-refractivity contribution in [2.24, 2.45) is 11.7 Å². The van der Waals surface area contributed by atoms with E-state index in [4.69, 9.17) is 33.2 Å². The second-order valence-corrected chi connectivity index (χ2v) is 5.48. The van der Waals surface area contributed by atoms with E-state index in [1.54, 1.807) is 6.07 Å². The monoisotopic (exact) mass is 281 g/mol. The number of hydrogen-bond donors (Lipinski definition) is 3. The predicted octanol–water partition coefficient (Wildman–Crippen LogP) is 2.74. The molecule has 1 saturated heterocycles. The minimum absolute atomic E-state index is 0.138. The summed E-state index contributed by atoms with van der Waals surface area (Å²) in [6.45, 7) is 1.62. The standard InChI is InChI=1S/C14H20ClN3O/c15-10-6-11(12(8-16)14(18)7-10)13(17)5-9-1-3-19-4-2-9/h6-9,13,16H,1-5,17-18H2. The lowest BCUT2D eigenvalue weighted by molar-refractivity contribution is 0.0618. The van der Waals surface area contributed by atoms with Gasteiger partial charge in [-0.2, -0.15) is 0 Å². The van der Waals surface area contributed by atoms with Crippen molar-refractivity contribution in [3.8, 4) is 0 Å². The van der Waals surface area contributed by atoms with Gasteiger partial charge in [0.1, 0.15) is 0 Å². The third kappa shape index (κ3) is 3.47. The highest BCUT2D eigenvalue weighted by atomic mass is 35.5. The lowest BCUT2D eigenvalue weighted by atomic mass is 9.88. The van der Waals surface area contributed by atoms with Crippen LogP contribution in [0.5, 0.6) is 0 Å². The van der Waals surface area contributed by atoms with Gasteiger partial charge in [0, 0.05) is 41.7 Å². The lowest BCUT2D eigenvalue weighted by Crippen LogP contribution is -2.22. The molecule has 0 aliphatic carbocycles. The molecule has 4 nitrogen and oxygen atoms in total. The molecular weight excluding hydrogens is 262 g/mol. The zero-order valence-electron chi connectivity index (χ0n) is 10.9. The molecule has 5 heteroatoms. The summed E-state index contributed by atoms with van der Waals surface area (Å²) in [5.41, 5.74) is 14.2. The first kappa shape index (κ1) is 14.3. The maximum Gasteiger partial charge on any atom is 0.0468 e. The Morgan fingerprint density at radius 3 is 2.74 bits per heavy atom. The van der Waals surface area contributed by atoms with Gasteiger partial charge < -0.3 is 21.6 Å². The molecule has 0 saturated carbocycles. The first-order chi connectivity index (χ1) is 9.11. The minimum atomic E-state index is -0.138. The van der Waals surface area contributed by atoms with E-state index in [9.17, 15) is 0 Å². The van der Waals surface area contributed by atoms with Crippen molar-refractivity contribution in [3.63, 3.8) is 0 Å². The van der Waals surface area contributed by atoms with Crippen molar-refractivity contribution in [2.75, 3.05) is 18.9 Å². The topological polar surface area (TPSA) is 85.1 Å². The van der Waals surface area contributed by atoms with Gasteiger partial charge in [-0.1, -0.05) is 11.6 Å². The number of halogens is 1. The molecular formula is C14H20ClN3O. The molecule has 0 amide bonds. The van der Waals surface area contributed by atoms with Crippen LogP contribution in [0.2, 0.25) is 5.02 Å². The molecule has 1 atom stereocenters. The number of anilines is 1. The molecule has 1 aliphatic heterocycles. The fourth-order valence-electron chi connectivity index (χ4n) is 2.60. The van der Waals surface area contributed by atoms with Gasteiger partial charge in [0.05, 0.1) is 0 Å². The number of rotatable bonds is 4. The molecule has 1 heterocycles. The molecule has 1 aromatic rings. The maximum atomic E-state index is 7.49. The van der Waals surface area contributed by atoms with Gasteiger partial charge in [-0.05, 0) is 42.9 Å². The van der Waals surface area contributed by atoms with E-state index in [0.29, 0.717) is 22.2 Å². The van der Waals surface area contributed by atoms with Crippen LogP contribution < -0.4 is 11.5 Å². The fourth-order valence-corrected chi connectivity index (χ4v) is 2.84. The van der Waals surface area contributed by atoms with Gasteiger partial charge in [-0.3, -0.25) is 0 Å². The Balaban J connectivity index is 2.17. The van der Waals surface area contributed by atoms with Crippen molar-refractivity contribution >= 4 is 23.5 Å². The fraction of sp³-hybridized carbons (Fsp3) is 0.500. The van der Waals surface area contributed by atoms with E-state index in [1.807, 2.05) is 6.07 Å². The molecule has 104 valence electrons. The summed E-state index contributed by atoms with van der Waals surface area (Å²) < 4.78 is 5.35. The molecule has 1 fully saturated rings. The molecule has 1 unspecified atom stereocenters. The number of benzene rings is 1. The molecule has 0 bridgehead atoms. The maximum absolute atomic E-state index is 7.49. The average Bonchev–Trinajstić information content (AvgIpc) is 2.39. The van der Waals surface area contributed by atoms with Crippen LogP contribution in [0.3, 0.4) is 0 Å². The van der Waals surface area contributed by atoms with Crippen LogP contribution in [0.4, 0.5) is 5.69 Å². The molecule has 2 rings (SSSR count). The summed E-state index contributed by atoms with van der Waals surface area (Å²) in [4.78, 5) is 0. The van der Waals surface area contributed by atoms with Gasteiger partial charge >= 0.3 is 0 Å². The van der Waals surface area contributed by atoms with Crippen LogP contribution in [-0.4, -0.2) is 19.4 Å². The number of nitrogen functional groups attached to an aromatic ring is 1. The Morgan fingerprint density at radius 2 is 2.11 bits per heavy atom. The largest absolute Gasteiger partial charge is 0.398 e. The van der Waals surface area contributed by atoms with Gasteiger partial charge in [0.25, 0.3) is 0 Å². The van der Waals surface area contributed by atoms with Crippen LogP contribution in [0.1, 0.15) is 36.4 Å². The molecule has 5 N–H and O–H groups in total. The van der Waals surface area contributed by atoms with Gasteiger partial charge in [-0.25, -0.2) is 0 Å². The highest BCUT2D eigenvalue weighted by Crippen LogP contribution is 2.31.